The lowest BCUT2D eigenvalue weighted by Gasteiger charge is -2.34. The average Bonchev–Trinajstić information content (AvgIpc) is 2.58. The minimum absolute atomic E-state index is 0.0165. The third-order valence-corrected chi connectivity index (χ3v) is 3.67. The van der Waals surface area contributed by atoms with Crippen LogP contribution in [0.25, 0.3) is 0 Å². The molecule has 0 atom stereocenters. The zero-order valence-electron chi connectivity index (χ0n) is 12.7. The van der Waals surface area contributed by atoms with E-state index in [-0.39, 0.29) is 18.2 Å². The molecule has 1 aromatic carbocycles. The van der Waals surface area contributed by atoms with Gasteiger partial charge in [0.1, 0.15) is 5.75 Å². The fraction of sp³-hybridized carbons (Fsp3) is 0.467. The van der Waals surface area contributed by atoms with Crippen molar-refractivity contribution in [3.8, 4) is 11.8 Å². The zero-order valence-corrected chi connectivity index (χ0v) is 12.7. The number of carbonyl (C=O) groups excluding carboxylic acids is 1. The smallest absolute Gasteiger partial charge is 0.269 e. The number of nitro groups is 1. The number of ether oxygens (including phenoxy) is 1. The number of carbonyl (C=O) groups is 1. The van der Waals surface area contributed by atoms with Crippen molar-refractivity contribution in [2.24, 2.45) is 0 Å². The first-order valence-electron chi connectivity index (χ1n) is 7.34. The number of hydrogen-bond donors (Lipinski definition) is 0. The maximum Gasteiger partial charge on any atom is 0.269 e. The van der Waals surface area contributed by atoms with Crippen LogP contribution >= 0.6 is 0 Å². The second-order valence-electron chi connectivity index (χ2n) is 5.17. The Hall–Kier alpha value is -2.66. The summed E-state index contributed by atoms with van der Waals surface area (Å²) in [6.07, 6.45) is 0.497. The topological polar surface area (TPSA) is 99.7 Å². The van der Waals surface area contributed by atoms with E-state index in [0.717, 1.165) is 19.6 Å². The molecule has 122 valence electrons. The molecule has 1 amide bonds. The standard InChI is InChI=1S/C15H18N4O4/c16-6-1-7-17-8-10-18(11-9-17)15(20)12-23-14-4-2-13(3-5-14)19(21)22/h2-5H,1,7-12H2. The summed E-state index contributed by atoms with van der Waals surface area (Å²) in [5.41, 5.74) is -0.0165. The van der Waals surface area contributed by atoms with Gasteiger partial charge in [0, 0.05) is 51.3 Å². The zero-order chi connectivity index (χ0) is 16.7. The molecule has 1 heterocycles. The Morgan fingerprint density at radius 2 is 1.91 bits per heavy atom. The van der Waals surface area contributed by atoms with Crippen molar-refractivity contribution in [3.05, 3.63) is 34.4 Å². The fourth-order valence-corrected chi connectivity index (χ4v) is 2.33. The van der Waals surface area contributed by atoms with E-state index >= 15 is 0 Å². The minimum atomic E-state index is -0.485. The Bertz CT molecular complexity index is 588. The van der Waals surface area contributed by atoms with E-state index in [2.05, 4.69) is 11.0 Å². The van der Waals surface area contributed by atoms with Crippen LogP contribution in [0.4, 0.5) is 5.69 Å². The van der Waals surface area contributed by atoms with E-state index in [1.165, 1.54) is 24.3 Å². The third-order valence-electron chi connectivity index (χ3n) is 3.67. The monoisotopic (exact) mass is 318 g/mol. The van der Waals surface area contributed by atoms with Crippen molar-refractivity contribution in [2.75, 3.05) is 39.3 Å². The van der Waals surface area contributed by atoms with Crippen LogP contribution in [0, 0.1) is 21.4 Å². The highest BCUT2D eigenvalue weighted by atomic mass is 16.6. The van der Waals surface area contributed by atoms with E-state index in [4.69, 9.17) is 10.00 Å². The van der Waals surface area contributed by atoms with E-state index in [1.54, 1.807) is 4.90 Å². The van der Waals surface area contributed by atoms with Crippen LogP contribution in [0.2, 0.25) is 0 Å². The predicted octanol–water partition coefficient (Wildman–Crippen LogP) is 1.03. The molecule has 1 aliphatic rings. The van der Waals surface area contributed by atoms with Gasteiger partial charge in [-0.3, -0.25) is 19.8 Å². The van der Waals surface area contributed by atoms with Crippen molar-refractivity contribution in [2.45, 2.75) is 6.42 Å². The molecule has 0 N–H and O–H groups in total. The molecule has 1 saturated heterocycles. The van der Waals surface area contributed by atoms with Gasteiger partial charge in [0.05, 0.1) is 11.0 Å². The number of amides is 1. The second kappa shape index (κ2) is 8.10. The number of non-ortho nitro benzene ring substituents is 1. The van der Waals surface area contributed by atoms with Gasteiger partial charge in [0.15, 0.2) is 6.61 Å². The lowest BCUT2D eigenvalue weighted by Crippen LogP contribution is -2.50. The molecule has 0 aromatic heterocycles. The van der Waals surface area contributed by atoms with Crippen LogP contribution < -0.4 is 4.74 Å². The van der Waals surface area contributed by atoms with Crippen molar-refractivity contribution in [1.82, 2.24) is 9.80 Å². The molecule has 2 rings (SSSR count). The summed E-state index contributed by atoms with van der Waals surface area (Å²) < 4.78 is 5.38. The highest BCUT2D eigenvalue weighted by Gasteiger charge is 2.21. The minimum Gasteiger partial charge on any atom is -0.484 e. The van der Waals surface area contributed by atoms with Crippen LogP contribution in [-0.4, -0.2) is 60.0 Å². The molecule has 0 aliphatic carbocycles. The highest BCUT2D eigenvalue weighted by molar-refractivity contribution is 5.77. The van der Waals surface area contributed by atoms with E-state index < -0.39 is 4.92 Å². The van der Waals surface area contributed by atoms with Gasteiger partial charge in [-0.2, -0.15) is 5.26 Å². The maximum atomic E-state index is 12.1. The van der Waals surface area contributed by atoms with Crippen LogP contribution in [0.3, 0.4) is 0 Å². The quantitative estimate of drug-likeness (QED) is 0.574. The lowest BCUT2D eigenvalue weighted by molar-refractivity contribution is -0.384. The van der Waals surface area contributed by atoms with Crippen LogP contribution in [0.1, 0.15) is 6.42 Å². The van der Waals surface area contributed by atoms with E-state index in [1.807, 2.05) is 0 Å². The van der Waals surface area contributed by atoms with Crippen LogP contribution in [0.15, 0.2) is 24.3 Å². The largest absolute Gasteiger partial charge is 0.484 e. The number of piperazine rings is 1. The molecule has 1 aliphatic heterocycles. The first-order valence-corrected chi connectivity index (χ1v) is 7.34. The van der Waals surface area contributed by atoms with Gasteiger partial charge < -0.3 is 9.64 Å². The third kappa shape index (κ3) is 4.93. The SMILES string of the molecule is N#CCCN1CCN(C(=O)COc2ccc([N+](=O)[O-])cc2)CC1. The van der Waals surface area contributed by atoms with Crippen molar-refractivity contribution >= 4 is 11.6 Å². The number of nitrogens with zero attached hydrogens (tertiary/aromatic N) is 4. The molecule has 0 unspecified atom stereocenters. The number of benzene rings is 1. The van der Waals surface area contributed by atoms with Gasteiger partial charge in [-0.25, -0.2) is 0 Å². The number of nitro benzene ring substituents is 1. The Kier molecular flexibility index (Phi) is 5.88. The summed E-state index contributed by atoms with van der Waals surface area (Å²) in [5, 5.41) is 19.1. The lowest BCUT2D eigenvalue weighted by atomic mass is 10.3. The Morgan fingerprint density at radius 1 is 1.26 bits per heavy atom. The normalized spacial score (nSPS) is 15.0. The van der Waals surface area contributed by atoms with Gasteiger partial charge in [-0.05, 0) is 12.1 Å². The Labute approximate surface area is 134 Å². The molecule has 23 heavy (non-hydrogen) atoms. The summed E-state index contributed by atoms with van der Waals surface area (Å²) in [4.78, 5) is 26.1. The average molecular weight is 318 g/mol. The van der Waals surface area contributed by atoms with E-state index in [0.29, 0.717) is 25.3 Å². The van der Waals surface area contributed by atoms with Crippen LogP contribution in [-0.2, 0) is 4.79 Å². The summed E-state index contributed by atoms with van der Waals surface area (Å²) in [5.74, 6) is 0.319. The van der Waals surface area contributed by atoms with Gasteiger partial charge in [-0.15, -0.1) is 0 Å². The predicted molar refractivity (Wildman–Crippen MR) is 81.8 cm³/mol. The van der Waals surface area contributed by atoms with Crippen molar-refractivity contribution < 1.29 is 14.5 Å². The van der Waals surface area contributed by atoms with Crippen molar-refractivity contribution in [1.29, 1.82) is 5.26 Å². The molecule has 1 fully saturated rings. The second-order valence-corrected chi connectivity index (χ2v) is 5.17. The molecular weight excluding hydrogens is 300 g/mol. The summed E-state index contributed by atoms with van der Waals surface area (Å²) >= 11 is 0. The van der Waals surface area contributed by atoms with E-state index in [9.17, 15) is 14.9 Å². The first-order chi connectivity index (χ1) is 11.1. The fourth-order valence-electron chi connectivity index (χ4n) is 2.33. The van der Waals surface area contributed by atoms with Gasteiger partial charge in [0.2, 0.25) is 0 Å². The number of rotatable bonds is 6. The molecule has 1 aromatic rings. The number of hydrogen-bond acceptors (Lipinski definition) is 6. The molecule has 0 bridgehead atoms. The van der Waals surface area contributed by atoms with Crippen LogP contribution in [0.5, 0.6) is 5.75 Å². The summed E-state index contributed by atoms with van der Waals surface area (Å²) in [6.45, 7) is 3.39. The Balaban J connectivity index is 1.75. The maximum absolute atomic E-state index is 12.1. The number of nitriles is 1. The highest BCUT2D eigenvalue weighted by Crippen LogP contribution is 2.17. The summed E-state index contributed by atoms with van der Waals surface area (Å²) in [6, 6.07) is 7.75. The van der Waals surface area contributed by atoms with Gasteiger partial charge in [0.25, 0.3) is 11.6 Å². The molecule has 0 saturated carbocycles. The first kappa shape index (κ1) is 16.7. The van der Waals surface area contributed by atoms with Gasteiger partial charge >= 0.3 is 0 Å². The molecule has 8 heteroatoms. The summed E-state index contributed by atoms with van der Waals surface area (Å²) in [7, 11) is 0. The van der Waals surface area contributed by atoms with Crippen molar-refractivity contribution in [3.63, 3.8) is 0 Å². The Morgan fingerprint density at radius 3 is 2.48 bits per heavy atom. The molecule has 8 nitrogen and oxygen atoms in total. The molecular formula is C15H18N4O4. The molecule has 0 spiro atoms. The molecule has 0 radical (unpaired) electrons. The van der Waals surface area contributed by atoms with Gasteiger partial charge in [-0.1, -0.05) is 0 Å².